The third-order valence-electron chi connectivity index (χ3n) is 5.52. The molecular weight excluding hydrogens is 430 g/mol. The number of fused-ring (bicyclic) bond motifs is 2. The number of carbonyl (C=O) groups excluding carboxylic acids is 2. The second kappa shape index (κ2) is 7.79. The fraction of sp³-hybridized carbons (Fsp3) is 0.174. The molecule has 1 aliphatic rings. The van der Waals surface area contributed by atoms with Crippen LogP contribution in [0.5, 0.6) is 5.75 Å². The van der Waals surface area contributed by atoms with Gasteiger partial charge in [0, 0.05) is 17.5 Å². The molecule has 2 aromatic heterocycles. The largest absolute Gasteiger partial charge is 0.497 e. The number of benzene rings is 2. The SMILES string of the molecule is COc1ccc2nc(NC(=O)[C@@H]3c4ccccc4C(=O)N(C)[C@@H]3c3cccs3)sc2c1. The van der Waals surface area contributed by atoms with Gasteiger partial charge in [-0.3, -0.25) is 9.59 Å². The minimum atomic E-state index is -0.543. The van der Waals surface area contributed by atoms with Crippen LogP contribution in [0, 0.1) is 0 Å². The molecule has 2 amide bonds. The Labute approximate surface area is 187 Å². The van der Waals surface area contributed by atoms with Gasteiger partial charge in [0.05, 0.1) is 29.3 Å². The molecule has 156 valence electrons. The van der Waals surface area contributed by atoms with E-state index in [2.05, 4.69) is 10.3 Å². The van der Waals surface area contributed by atoms with Gasteiger partial charge in [-0.2, -0.15) is 0 Å². The second-order valence-corrected chi connectivity index (χ2v) is 9.29. The summed E-state index contributed by atoms with van der Waals surface area (Å²) >= 11 is 2.94. The first-order chi connectivity index (χ1) is 15.1. The zero-order valence-electron chi connectivity index (χ0n) is 16.9. The van der Waals surface area contributed by atoms with Crippen molar-refractivity contribution in [2.75, 3.05) is 19.5 Å². The zero-order valence-corrected chi connectivity index (χ0v) is 18.5. The van der Waals surface area contributed by atoms with Crippen molar-refractivity contribution in [1.29, 1.82) is 0 Å². The highest BCUT2D eigenvalue weighted by molar-refractivity contribution is 7.22. The Morgan fingerprint density at radius 1 is 1.16 bits per heavy atom. The van der Waals surface area contributed by atoms with E-state index in [9.17, 15) is 9.59 Å². The summed E-state index contributed by atoms with van der Waals surface area (Å²) < 4.78 is 6.21. The van der Waals surface area contributed by atoms with Crippen molar-refractivity contribution >= 4 is 49.8 Å². The molecule has 5 rings (SSSR count). The quantitative estimate of drug-likeness (QED) is 0.480. The highest BCUT2D eigenvalue weighted by Crippen LogP contribution is 2.44. The van der Waals surface area contributed by atoms with Crippen LogP contribution in [-0.4, -0.2) is 35.9 Å². The highest BCUT2D eigenvalue weighted by atomic mass is 32.1. The van der Waals surface area contributed by atoms with Crippen LogP contribution in [0.15, 0.2) is 60.0 Å². The number of likely N-dealkylation sites (N-methyl/N-ethyl adjacent to an activating group) is 1. The Balaban J connectivity index is 1.55. The predicted molar refractivity (Wildman–Crippen MR) is 123 cm³/mol. The lowest BCUT2D eigenvalue weighted by molar-refractivity contribution is -0.119. The number of rotatable bonds is 4. The van der Waals surface area contributed by atoms with Crippen molar-refractivity contribution in [2.24, 2.45) is 0 Å². The maximum Gasteiger partial charge on any atom is 0.254 e. The number of aromatic nitrogens is 1. The van der Waals surface area contributed by atoms with E-state index < -0.39 is 5.92 Å². The molecule has 1 aliphatic heterocycles. The summed E-state index contributed by atoms with van der Waals surface area (Å²) in [6.07, 6.45) is 0. The Morgan fingerprint density at radius 3 is 2.77 bits per heavy atom. The summed E-state index contributed by atoms with van der Waals surface area (Å²) in [7, 11) is 3.38. The van der Waals surface area contributed by atoms with E-state index >= 15 is 0 Å². The number of amides is 2. The molecule has 0 saturated carbocycles. The zero-order chi connectivity index (χ0) is 21.5. The molecular formula is C23H19N3O3S2. The minimum absolute atomic E-state index is 0.0786. The summed E-state index contributed by atoms with van der Waals surface area (Å²) in [4.78, 5) is 33.8. The maximum atomic E-state index is 13.6. The van der Waals surface area contributed by atoms with Crippen LogP contribution in [-0.2, 0) is 4.79 Å². The predicted octanol–water partition coefficient (Wildman–Crippen LogP) is 4.92. The van der Waals surface area contributed by atoms with Gasteiger partial charge in [0.25, 0.3) is 5.91 Å². The van der Waals surface area contributed by atoms with E-state index in [0.29, 0.717) is 10.7 Å². The van der Waals surface area contributed by atoms with E-state index in [1.54, 1.807) is 36.5 Å². The van der Waals surface area contributed by atoms with Crippen LogP contribution >= 0.6 is 22.7 Å². The Hall–Kier alpha value is -3.23. The van der Waals surface area contributed by atoms with E-state index in [1.807, 2.05) is 53.9 Å². The molecule has 3 heterocycles. The van der Waals surface area contributed by atoms with Crippen molar-refractivity contribution in [3.05, 3.63) is 76.0 Å². The molecule has 0 spiro atoms. The number of hydrogen-bond donors (Lipinski definition) is 1. The molecule has 4 aromatic rings. The Bertz CT molecular complexity index is 1280. The van der Waals surface area contributed by atoms with Crippen LogP contribution in [0.1, 0.15) is 32.8 Å². The number of nitrogens with zero attached hydrogens (tertiary/aromatic N) is 2. The van der Waals surface area contributed by atoms with Crippen LogP contribution in [0.4, 0.5) is 5.13 Å². The van der Waals surface area contributed by atoms with Gasteiger partial charge in [0.15, 0.2) is 5.13 Å². The smallest absolute Gasteiger partial charge is 0.254 e. The molecule has 0 saturated heterocycles. The summed E-state index contributed by atoms with van der Waals surface area (Å²) in [5.41, 5.74) is 2.10. The van der Waals surface area contributed by atoms with Gasteiger partial charge in [0.2, 0.25) is 5.91 Å². The first-order valence-corrected chi connectivity index (χ1v) is 11.4. The van der Waals surface area contributed by atoms with Gasteiger partial charge in [0.1, 0.15) is 5.75 Å². The number of hydrogen-bond acceptors (Lipinski definition) is 6. The summed E-state index contributed by atoms with van der Waals surface area (Å²) in [6.45, 7) is 0. The van der Waals surface area contributed by atoms with Crippen molar-refractivity contribution in [1.82, 2.24) is 9.88 Å². The van der Waals surface area contributed by atoms with Crippen LogP contribution in [0.3, 0.4) is 0 Å². The summed E-state index contributed by atoms with van der Waals surface area (Å²) in [5, 5.41) is 5.49. The van der Waals surface area contributed by atoms with E-state index in [0.717, 1.165) is 26.4 Å². The topological polar surface area (TPSA) is 71.5 Å². The van der Waals surface area contributed by atoms with Gasteiger partial charge in [-0.25, -0.2) is 4.98 Å². The molecule has 0 fully saturated rings. The molecule has 6 nitrogen and oxygen atoms in total. The summed E-state index contributed by atoms with van der Waals surface area (Å²) in [5.74, 6) is -0.0615. The van der Waals surface area contributed by atoms with Crippen molar-refractivity contribution in [2.45, 2.75) is 12.0 Å². The molecule has 31 heavy (non-hydrogen) atoms. The fourth-order valence-electron chi connectivity index (χ4n) is 4.04. The molecule has 0 bridgehead atoms. The molecule has 0 aliphatic carbocycles. The lowest BCUT2D eigenvalue weighted by atomic mass is 9.82. The average molecular weight is 450 g/mol. The Kier molecular flexibility index (Phi) is 4.95. The molecule has 2 atom stereocenters. The second-order valence-electron chi connectivity index (χ2n) is 7.28. The average Bonchev–Trinajstić information content (AvgIpc) is 3.44. The van der Waals surface area contributed by atoms with Crippen LogP contribution in [0.2, 0.25) is 0 Å². The third kappa shape index (κ3) is 3.37. The van der Waals surface area contributed by atoms with Gasteiger partial charge in [-0.1, -0.05) is 35.6 Å². The molecule has 8 heteroatoms. The fourth-order valence-corrected chi connectivity index (χ4v) is 5.84. The first kappa shape index (κ1) is 19.7. The van der Waals surface area contributed by atoms with E-state index in [1.165, 1.54) is 11.3 Å². The summed E-state index contributed by atoms with van der Waals surface area (Å²) in [6, 6.07) is 16.5. The van der Waals surface area contributed by atoms with E-state index in [4.69, 9.17) is 4.74 Å². The van der Waals surface area contributed by atoms with Gasteiger partial charge < -0.3 is 15.0 Å². The van der Waals surface area contributed by atoms with Gasteiger partial charge in [-0.05, 0) is 41.3 Å². The standard InChI is InChI=1S/C23H19N3O3S2/c1-26-20(17-8-5-11-30-17)19(14-6-3-4-7-15(14)22(26)28)21(27)25-23-24-16-10-9-13(29-2)12-18(16)31-23/h3-12,19-20H,1-2H3,(H,24,25,27)/t19-,20-/m1/s1. The van der Waals surface area contributed by atoms with Crippen LogP contribution < -0.4 is 10.1 Å². The molecule has 1 N–H and O–H groups in total. The highest BCUT2D eigenvalue weighted by Gasteiger charge is 2.43. The molecule has 2 aromatic carbocycles. The van der Waals surface area contributed by atoms with Crippen molar-refractivity contribution in [3.63, 3.8) is 0 Å². The minimum Gasteiger partial charge on any atom is -0.497 e. The number of nitrogens with one attached hydrogen (secondary N) is 1. The maximum absolute atomic E-state index is 13.6. The number of methoxy groups -OCH3 is 1. The molecule has 0 radical (unpaired) electrons. The third-order valence-corrected chi connectivity index (χ3v) is 7.40. The van der Waals surface area contributed by atoms with Crippen molar-refractivity contribution in [3.8, 4) is 5.75 Å². The van der Waals surface area contributed by atoms with Gasteiger partial charge in [-0.15, -0.1) is 11.3 Å². The number of carbonyl (C=O) groups is 2. The number of ether oxygens (including phenoxy) is 1. The number of anilines is 1. The molecule has 0 unspecified atom stereocenters. The lowest BCUT2D eigenvalue weighted by Crippen LogP contribution is -2.43. The number of thiazole rings is 1. The lowest BCUT2D eigenvalue weighted by Gasteiger charge is -2.38. The number of thiophene rings is 1. The Morgan fingerprint density at radius 2 is 2.00 bits per heavy atom. The van der Waals surface area contributed by atoms with Crippen molar-refractivity contribution < 1.29 is 14.3 Å². The monoisotopic (exact) mass is 449 g/mol. The first-order valence-electron chi connectivity index (χ1n) is 9.72. The van der Waals surface area contributed by atoms with Crippen LogP contribution in [0.25, 0.3) is 10.2 Å². The van der Waals surface area contributed by atoms with Gasteiger partial charge >= 0.3 is 0 Å². The normalized spacial score (nSPS) is 18.1. The van der Waals surface area contributed by atoms with E-state index in [-0.39, 0.29) is 17.9 Å².